The van der Waals surface area contributed by atoms with Gasteiger partial charge in [-0.3, -0.25) is 48.7 Å². The lowest BCUT2D eigenvalue weighted by molar-refractivity contribution is 0.0826. The zero-order valence-corrected chi connectivity index (χ0v) is 84.2. The molecule has 0 unspecified atom stereocenters. The van der Waals surface area contributed by atoms with E-state index in [9.17, 15) is 54.4 Å². The van der Waals surface area contributed by atoms with Crippen molar-refractivity contribution >= 4 is 100 Å². The molecule has 12 aromatic rings. The van der Waals surface area contributed by atoms with E-state index in [0.29, 0.717) is 66.4 Å². The number of amides is 2. The van der Waals surface area contributed by atoms with Gasteiger partial charge in [0.05, 0.1) is 55.3 Å². The van der Waals surface area contributed by atoms with Crippen LogP contribution in [-0.2, 0) is 45.7 Å². The monoisotopic (exact) mass is 2000 g/mol. The third-order valence-electron chi connectivity index (χ3n) is 25.7. The molecule has 144 heavy (non-hydrogen) atoms. The Labute approximate surface area is 839 Å². The van der Waals surface area contributed by atoms with E-state index in [2.05, 4.69) is 64.8 Å². The second kappa shape index (κ2) is 48.1. The normalized spacial score (nSPS) is 16.0. The number of hydrogen-bond donors (Lipinski definition) is 9. The Morgan fingerprint density at radius 1 is 0.389 bits per heavy atom. The number of piperidine rings is 4. The summed E-state index contributed by atoms with van der Waals surface area (Å²) in [5.74, 6) is -2.76. The Morgan fingerprint density at radius 2 is 0.688 bits per heavy atom. The minimum absolute atomic E-state index is 0.0387. The average molecular weight is 2000 g/mol. The first-order valence-corrected chi connectivity index (χ1v) is 50.9. The Balaban J connectivity index is 0.000000161. The summed E-state index contributed by atoms with van der Waals surface area (Å²) in [7, 11) is -1.07. The Morgan fingerprint density at radius 3 is 0.979 bits per heavy atom. The van der Waals surface area contributed by atoms with E-state index >= 15 is 0 Å². The third-order valence-corrected chi connectivity index (χ3v) is 29.6. The molecule has 12 heterocycles. The minimum atomic E-state index is -3.65. The van der Waals surface area contributed by atoms with Gasteiger partial charge in [0.15, 0.2) is 23.1 Å². The highest BCUT2D eigenvalue weighted by molar-refractivity contribution is 7.89. The van der Waals surface area contributed by atoms with Gasteiger partial charge in [-0.1, -0.05) is 26.0 Å². The van der Waals surface area contributed by atoms with E-state index in [-0.39, 0.29) is 163 Å². The smallest absolute Gasteiger partial charge is 0.253 e. The van der Waals surface area contributed by atoms with Crippen molar-refractivity contribution in [1.82, 2.24) is 58.7 Å². The van der Waals surface area contributed by atoms with Crippen LogP contribution >= 0.6 is 0 Å². The van der Waals surface area contributed by atoms with Gasteiger partial charge in [0, 0.05) is 278 Å². The first kappa shape index (κ1) is 107. The molecule has 38 heteroatoms. The summed E-state index contributed by atoms with van der Waals surface area (Å²) in [5.41, 5.74) is 62.6. The van der Waals surface area contributed by atoms with E-state index in [1.807, 2.05) is 52.0 Å². The number of halogens is 2. The fourth-order valence-electron chi connectivity index (χ4n) is 18.0. The van der Waals surface area contributed by atoms with Crippen molar-refractivity contribution in [2.24, 2.45) is 22.9 Å². The van der Waals surface area contributed by atoms with E-state index in [0.717, 1.165) is 151 Å². The van der Waals surface area contributed by atoms with Gasteiger partial charge < -0.3 is 75.7 Å². The van der Waals surface area contributed by atoms with E-state index < -0.39 is 31.7 Å². The highest BCUT2D eigenvalue weighted by atomic mass is 32.2. The number of anilines is 8. The van der Waals surface area contributed by atoms with Crippen LogP contribution in [0.15, 0.2) is 205 Å². The van der Waals surface area contributed by atoms with Crippen LogP contribution in [0.1, 0.15) is 168 Å². The van der Waals surface area contributed by atoms with Gasteiger partial charge in [0.25, 0.3) is 11.8 Å². The number of hydrogen-bond acceptors (Lipinski definition) is 30. The molecule has 34 nitrogen and oxygen atoms in total. The number of nitrogens with one attached hydrogen (secondary N) is 1. The van der Waals surface area contributed by atoms with Crippen LogP contribution < -0.4 is 70.8 Å². The van der Waals surface area contributed by atoms with Crippen molar-refractivity contribution in [3.8, 4) is 45.0 Å². The predicted octanol–water partition coefficient (Wildman–Crippen LogP) is 11.9. The SMILES string of the molecule is CCN(CC)S(=O)(=O)c1ccc(C)c(-c2ccc(N)c(C(=O)Cc3cnccc3N3CCC[C@H](N)C3)n2)c1.CCNC(=O)c1ccc(F)c(-c2ccc(N)c(C(=O)Cc3cnccc3N3CCC[C@H](N)C3)n2)c1.CN(C)C(=O)c1ccc(F)c(-c2ccc(N)c(C(=O)Cc3cnccc3N3CCC[C@H](N)C3)n2)c1.Cc1ccc(S(=O)(=O)N(C)C)cc1-c1ccc(N)c(C(=O)Cc2cnccc2N2CCC[C@H](N)C2)n1. The molecule has 0 bridgehead atoms. The lowest BCUT2D eigenvalue weighted by Crippen LogP contribution is -2.43. The van der Waals surface area contributed by atoms with Gasteiger partial charge in [-0.15, -0.1) is 0 Å². The summed E-state index contributed by atoms with van der Waals surface area (Å²) in [4.78, 5) is 123. The van der Waals surface area contributed by atoms with Crippen LogP contribution in [0.4, 0.5) is 54.3 Å². The quantitative estimate of drug-likeness (QED) is 0.0197. The van der Waals surface area contributed by atoms with E-state index in [4.69, 9.17) is 45.9 Å². The fourth-order valence-corrected chi connectivity index (χ4v) is 20.4. The highest BCUT2D eigenvalue weighted by Gasteiger charge is 2.32. The van der Waals surface area contributed by atoms with Gasteiger partial charge in [-0.25, -0.2) is 49.9 Å². The lowest BCUT2D eigenvalue weighted by Gasteiger charge is -2.33. The molecule has 4 atom stereocenters. The molecule has 17 N–H and O–H groups in total. The van der Waals surface area contributed by atoms with Gasteiger partial charge in [-0.05, 0) is 217 Å². The molecule has 0 saturated carbocycles. The van der Waals surface area contributed by atoms with Crippen LogP contribution in [0.25, 0.3) is 45.0 Å². The molecule has 0 radical (unpaired) electrons. The molecule has 0 aliphatic carbocycles. The maximum atomic E-state index is 14.7. The molecule has 4 fully saturated rings. The number of benzene rings is 4. The summed E-state index contributed by atoms with van der Waals surface area (Å²) < 4.78 is 83.5. The summed E-state index contributed by atoms with van der Waals surface area (Å²) in [6.45, 7) is 16.7. The average Bonchev–Trinajstić information content (AvgIpc) is 0.787. The summed E-state index contributed by atoms with van der Waals surface area (Å²) >= 11 is 0. The summed E-state index contributed by atoms with van der Waals surface area (Å²) in [6.07, 6.45) is 21.7. The number of carbonyl (C=O) groups is 6. The third kappa shape index (κ3) is 26.0. The number of Topliss-reactive ketones (excluding diaryl/α,β-unsaturated/α-hetero) is 4. The Bertz CT molecular complexity index is 6960. The summed E-state index contributed by atoms with van der Waals surface area (Å²) in [5, 5.41) is 2.69. The van der Waals surface area contributed by atoms with Crippen LogP contribution in [0.5, 0.6) is 0 Å². The van der Waals surface area contributed by atoms with Gasteiger partial charge in [0.2, 0.25) is 20.0 Å². The molecule has 0 spiro atoms. The topological polar surface area (TPSA) is 517 Å². The van der Waals surface area contributed by atoms with Gasteiger partial charge >= 0.3 is 0 Å². The molecule has 756 valence electrons. The number of nitrogen functional groups attached to an aromatic ring is 4. The molecule has 2 amide bonds. The van der Waals surface area contributed by atoms with Crippen LogP contribution in [0.3, 0.4) is 0 Å². The molecule has 8 aromatic heterocycles. The molecule has 4 aromatic carbocycles. The van der Waals surface area contributed by atoms with Crippen molar-refractivity contribution in [1.29, 1.82) is 0 Å². The number of pyridine rings is 8. The second-order valence-corrected chi connectivity index (χ2v) is 40.7. The number of aryl methyl sites for hydroxylation is 2. The highest BCUT2D eigenvalue weighted by Crippen LogP contribution is 2.37. The molecular weight excluding hydrogens is 1870 g/mol. The molecular formula is C106H126F2N24O10S2. The van der Waals surface area contributed by atoms with Crippen LogP contribution in [-0.4, -0.2) is 230 Å². The molecule has 4 saturated heterocycles. The molecule has 4 aliphatic rings. The molecule has 16 rings (SSSR count). The van der Waals surface area contributed by atoms with Crippen LogP contribution in [0, 0.1) is 25.5 Å². The second-order valence-electron chi connectivity index (χ2n) is 36.6. The van der Waals surface area contributed by atoms with Crippen molar-refractivity contribution in [2.75, 3.05) is 143 Å². The van der Waals surface area contributed by atoms with Crippen molar-refractivity contribution < 1.29 is 54.4 Å². The Kier molecular flexibility index (Phi) is 35.7. The maximum Gasteiger partial charge on any atom is 0.253 e. The number of sulfonamides is 2. The number of ketones is 4. The standard InChI is InChI=1S/C28H36N6O3S.2C26H29FN6O2.C26H32N6O3S/c1-4-34(5-2)38(36,37)22-9-8-19(3)23(16-22)25-11-10-24(30)28(32-25)27(35)15-20-17-31-13-12-26(20)33-14-6-7-21(29)18-33;1-32(2)26(35)16-5-6-20(27)19(12-16)22-8-7-21(29)25(31-22)24(34)13-17-14-30-10-9-23(17)33-11-3-4-18(28)15-33;1-2-31-26(35)16-5-6-20(27)19(12-16)22-8-7-21(29)25(32-22)24(34)13-17-14-30-10-9-23(17)33-11-3-4-18(28)15-33;1-17-6-7-20(36(34,35)31(2)3)14-21(17)23-9-8-22(28)26(30-23)25(33)13-18-15-29-11-10-24(18)32-12-4-5-19(27)16-32/h8-13,16-17,21H,4-7,14-15,18,29-30H2,1-3H3;5-10,12,14,18H,3-4,11,13,15,28-29H2,1-2H3;5-10,12,14,18H,2-4,11,13,15,28-29H2,1H3,(H,31,35);6-11,14-15,19H,4-5,12-13,16,27-28H2,1-3H3/t21-;2*18-;19-/m0000/s1. The van der Waals surface area contributed by atoms with E-state index in [1.165, 1.54) is 77.9 Å². The largest absolute Gasteiger partial charge is 0.397 e. The van der Waals surface area contributed by atoms with Gasteiger partial charge in [0.1, 0.15) is 34.4 Å². The number of nitrogens with zero attached hydrogens (tertiary/aromatic N) is 15. The predicted molar refractivity (Wildman–Crippen MR) is 560 cm³/mol. The number of aromatic nitrogens is 8. The van der Waals surface area contributed by atoms with Crippen molar-refractivity contribution in [2.45, 2.75) is 146 Å². The van der Waals surface area contributed by atoms with Crippen molar-refractivity contribution in [3.63, 3.8) is 0 Å². The maximum absolute atomic E-state index is 14.7. The molecule has 4 aliphatic heterocycles. The zero-order chi connectivity index (χ0) is 104. The summed E-state index contributed by atoms with van der Waals surface area (Å²) in [6, 6.07) is 38.8. The number of rotatable bonds is 29. The number of nitrogens with two attached hydrogens (primary N) is 8. The zero-order valence-electron chi connectivity index (χ0n) is 82.5. The first-order valence-electron chi connectivity index (χ1n) is 48.0. The Hall–Kier alpha value is -14.4. The lowest BCUT2D eigenvalue weighted by atomic mass is 10.0. The van der Waals surface area contributed by atoms with E-state index in [1.54, 1.807) is 137 Å². The van der Waals surface area contributed by atoms with Crippen molar-refractivity contribution in [3.05, 3.63) is 274 Å². The first-order chi connectivity index (χ1) is 68.8. The minimum Gasteiger partial charge on any atom is -0.397 e. The van der Waals surface area contributed by atoms with Crippen LogP contribution in [0.2, 0.25) is 0 Å². The number of carbonyl (C=O) groups excluding carboxylic acids is 6. The fraction of sp³-hybridized carbons (Fsp3) is 0.340. The van der Waals surface area contributed by atoms with Gasteiger partial charge in [-0.2, -0.15) is 4.31 Å².